The molecule has 50 heavy (non-hydrogen) atoms. The number of nitrogen functional groups attached to an aromatic ring is 1. The number of nitrogens with two attached hydrogens (primary N) is 1. The lowest BCUT2D eigenvalue weighted by Gasteiger charge is -2.19. The number of amides is 5. The number of ether oxygens (including phenoxy) is 4. The maximum Gasteiger partial charge on any atom is 0.441 e. The van der Waals surface area contributed by atoms with Gasteiger partial charge in [-0.15, -0.1) is 4.99 Å². The number of carbonyl (C=O) groups is 6. The lowest BCUT2D eigenvalue weighted by molar-refractivity contribution is -0.148. The Morgan fingerprint density at radius 2 is 1.48 bits per heavy atom. The number of aryl methyl sites for hydroxylation is 1. The van der Waals surface area contributed by atoms with Crippen molar-refractivity contribution < 1.29 is 47.7 Å². The van der Waals surface area contributed by atoms with Crippen LogP contribution in [0.25, 0.3) is 0 Å². The minimum absolute atomic E-state index is 0.0308. The number of hydrogen-bond donors (Lipinski definition) is 5. The Morgan fingerprint density at radius 1 is 0.920 bits per heavy atom. The fourth-order valence-corrected chi connectivity index (χ4v) is 2.95. The lowest BCUT2D eigenvalue weighted by Crippen LogP contribution is -2.44. The van der Waals surface area contributed by atoms with Gasteiger partial charge in [0, 0.05) is 23.2 Å². The summed E-state index contributed by atoms with van der Waals surface area (Å²) in [6.07, 6.45) is -0.425. The molecule has 6 N–H and O–H groups in total. The fraction of sp³-hybridized carbons (Fsp3) is 0.545. The first-order chi connectivity index (χ1) is 23.0. The number of esters is 1. The number of benzene rings is 1. The van der Waals surface area contributed by atoms with Crippen LogP contribution < -0.4 is 27.0 Å². The molecule has 5 amide bonds. The number of anilines is 1. The third-order valence-corrected chi connectivity index (χ3v) is 5.29. The number of thiocarbonyl (C=S) groups is 1. The second-order valence-corrected chi connectivity index (χ2v) is 12.5. The van der Waals surface area contributed by atoms with Gasteiger partial charge in [0.2, 0.25) is 5.91 Å². The predicted molar refractivity (Wildman–Crippen MR) is 193 cm³/mol. The molecule has 0 aromatic heterocycles. The van der Waals surface area contributed by atoms with Gasteiger partial charge in [0.1, 0.15) is 11.2 Å². The van der Waals surface area contributed by atoms with Crippen LogP contribution in [0.5, 0.6) is 0 Å². The third-order valence-electron chi connectivity index (χ3n) is 5.09. The molecule has 0 saturated carbocycles. The smallest absolute Gasteiger partial charge is 0.441 e. The van der Waals surface area contributed by atoms with Crippen molar-refractivity contribution in [2.24, 2.45) is 4.99 Å². The van der Waals surface area contributed by atoms with Crippen LogP contribution in [0.4, 0.5) is 20.1 Å². The average molecular weight is 725 g/mol. The Labute approximate surface area is 299 Å². The molecule has 1 atom stereocenters. The molecule has 1 aromatic rings. The molecule has 280 valence electrons. The van der Waals surface area contributed by atoms with Crippen molar-refractivity contribution in [3.05, 3.63) is 35.4 Å². The van der Waals surface area contributed by atoms with Gasteiger partial charge in [-0.2, -0.15) is 0 Å². The number of alkyl carbamates (subject to hydrolysis) is 2. The van der Waals surface area contributed by atoms with Crippen LogP contribution in [-0.2, 0) is 28.5 Å². The van der Waals surface area contributed by atoms with Gasteiger partial charge in [-0.05, 0) is 106 Å². The van der Waals surface area contributed by atoms with Gasteiger partial charge < -0.3 is 35.3 Å². The van der Waals surface area contributed by atoms with Crippen molar-refractivity contribution in [2.75, 3.05) is 25.5 Å². The van der Waals surface area contributed by atoms with Gasteiger partial charge in [-0.1, -0.05) is 13.0 Å². The van der Waals surface area contributed by atoms with Crippen molar-refractivity contribution in [1.82, 2.24) is 21.3 Å². The summed E-state index contributed by atoms with van der Waals surface area (Å²) >= 11 is 4.69. The van der Waals surface area contributed by atoms with Crippen LogP contribution in [-0.4, -0.2) is 84.0 Å². The molecule has 0 saturated heterocycles. The van der Waals surface area contributed by atoms with E-state index in [4.69, 9.17) is 15.2 Å². The van der Waals surface area contributed by atoms with Gasteiger partial charge in [0.15, 0.2) is 5.11 Å². The number of nitrogens with zero attached hydrogens (tertiary/aromatic N) is 1. The number of rotatable bonds is 8. The predicted octanol–water partition coefficient (Wildman–Crippen LogP) is 4.47. The summed E-state index contributed by atoms with van der Waals surface area (Å²) in [5.74, 6) is 1.05. The Kier molecular flexibility index (Phi) is 22.8. The number of nitrogens with one attached hydrogen (secondary N) is 4. The molecule has 0 aliphatic rings. The first kappa shape index (κ1) is 47.1. The molecular formula is C33H52N6O10S. The van der Waals surface area contributed by atoms with Gasteiger partial charge in [-0.3, -0.25) is 20.2 Å². The van der Waals surface area contributed by atoms with Gasteiger partial charge in [0.25, 0.3) is 5.91 Å². The van der Waals surface area contributed by atoms with Crippen molar-refractivity contribution in [3.8, 4) is 0 Å². The van der Waals surface area contributed by atoms with E-state index in [0.717, 1.165) is 18.1 Å². The highest BCUT2D eigenvalue weighted by molar-refractivity contribution is 7.80. The molecule has 17 heteroatoms. The second-order valence-electron chi connectivity index (χ2n) is 12.0. The molecule has 1 unspecified atom stereocenters. The summed E-state index contributed by atoms with van der Waals surface area (Å²) in [5.41, 5.74) is 6.49. The summed E-state index contributed by atoms with van der Waals surface area (Å²) < 4.78 is 18.9. The largest absolute Gasteiger partial charge is 0.456 e. The molecule has 0 aliphatic carbocycles. The highest BCUT2D eigenvalue weighted by atomic mass is 32.1. The minimum atomic E-state index is -0.780. The maximum absolute atomic E-state index is 11.8. The number of hydrogen-bond acceptors (Lipinski definition) is 12. The third kappa shape index (κ3) is 27.0. The molecule has 0 aliphatic heterocycles. The molecule has 0 fully saturated rings. The van der Waals surface area contributed by atoms with E-state index in [1.807, 2.05) is 20.8 Å². The van der Waals surface area contributed by atoms with Crippen molar-refractivity contribution in [3.63, 3.8) is 0 Å². The first-order valence-electron chi connectivity index (χ1n) is 15.6. The first-order valence-corrected chi connectivity index (χ1v) is 16.0. The van der Waals surface area contributed by atoms with Gasteiger partial charge in [-0.25, -0.2) is 19.2 Å². The monoisotopic (exact) mass is 724 g/mol. The van der Waals surface area contributed by atoms with E-state index >= 15 is 0 Å². The Balaban J connectivity index is 0. The van der Waals surface area contributed by atoms with Crippen LogP contribution in [0, 0.1) is 6.92 Å². The number of carbonyl (C=O) groups excluding carboxylic acids is 6. The highest BCUT2D eigenvalue weighted by Crippen LogP contribution is 2.12. The summed E-state index contributed by atoms with van der Waals surface area (Å²) in [7, 11) is 0. The zero-order valence-electron chi connectivity index (χ0n) is 30.7. The molecule has 0 spiro atoms. The average Bonchev–Trinajstić information content (AvgIpc) is 2.96. The zero-order valence-corrected chi connectivity index (χ0v) is 31.5. The van der Waals surface area contributed by atoms with Crippen molar-refractivity contribution in [2.45, 2.75) is 99.8 Å². The molecule has 1 aromatic carbocycles. The zero-order chi connectivity index (χ0) is 39.1. The topological polar surface area (TPSA) is 226 Å². The van der Waals surface area contributed by atoms with E-state index in [1.54, 1.807) is 73.6 Å². The van der Waals surface area contributed by atoms with E-state index in [9.17, 15) is 28.8 Å². The van der Waals surface area contributed by atoms with Crippen LogP contribution >= 0.6 is 12.2 Å². The van der Waals surface area contributed by atoms with E-state index < -0.39 is 35.5 Å². The van der Waals surface area contributed by atoms with Crippen molar-refractivity contribution >= 4 is 65.0 Å². The van der Waals surface area contributed by atoms with E-state index in [1.165, 1.54) is 0 Å². The molecule has 0 radical (unpaired) electrons. The van der Waals surface area contributed by atoms with Gasteiger partial charge in [0.05, 0.1) is 25.8 Å². The highest BCUT2D eigenvalue weighted by Gasteiger charge is 2.18. The summed E-state index contributed by atoms with van der Waals surface area (Å²) in [4.78, 5) is 70.4. The molecule has 0 heterocycles. The van der Waals surface area contributed by atoms with Crippen molar-refractivity contribution in [1.29, 1.82) is 0 Å². The normalized spacial score (nSPS) is 10.7. The molecule has 1 rings (SSSR count). The quantitative estimate of drug-likeness (QED) is 0.0625. The molecular weight excluding hydrogens is 672 g/mol. The van der Waals surface area contributed by atoms with Crippen LogP contribution in [0.1, 0.15) is 91.6 Å². The molecule has 0 bridgehead atoms. The Hall–Kier alpha value is -5.02. The van der Waals surface area contributed by atoms with E-state index in [0.29, 0.717) is 11.3 Å². The second kappa shape index (κ2) is 24.2. The standard InChI is InChI=1S/C14H21N3O2.C10H15NO4.C9H16N2O4S/c1-4-10(3)17-13(18)8-16-14(19)11-6-5-9(2)12(15)7-11;1-5-14-9(13)11-7-6-8(12)15-10(2,3)4;1-5-14-7(12)10-6(16)11-8(13)15-9(2,3)4/h5-7,10H,4,8,15H2,1-3H3,(H,16,19)(H,17,18);6H,5H2,1-4H3;5H2,1-4H3,(H2,10,11,12,13,16). The summed E-state index contributed by atoms with van der Waals surface area (Å²) in [5, 5.41) is 9.53. The van der Waals surface area contributed by atoms with Crippen LogP contribution in [0.2, 0.25) is 0 Å². The SMILES string of the molecule is CCC(C)NC(=O)CNC(=O)c1ccc(C)c(N)c1.CCOC(=O)N=C=CC(=O)OC(C)(C)C.CCOC(=O)NC(=S)NC(=O)OC(C)(C)C. The molecule has 16 nitrogen and oxygen atoms in total. The van der Waals surface area contributed by atoms with E-state index in [-0.39, 0.29) is 42.7 Å². The van der Waals surface area contributed by atoms with E-state index in [2.05, 4.69) is 53.8 Å². The fourth-order valence-electron chi connectivity index (χ4n) is 2.78. The summed E-state index contributed by atoms with van der Waals surface area (Å²) in [6.45, 7) is 19.9. The lowest BCUT2D eigenvalue weighted by atomic mass is 10.1. The maximum atomic E-state index is 11.8. The Bertz CT molecular complexity index is 1380. The van der Waals surface area contributed by atoms with Crippen LogP contribution in [0.15, 0.2) is 29.3 Å². The minimum Gasteiger partial charge on any atom is -0.456 e. The Morgan fingerprint density at radius 3 is 1.98 bits per heavy atom. The van der Waals surface area contributed by atoms with Gasteiger partial charge >= 0.3 is 24.2 Å². The summed E-state index contributed by atoms with van der Waals surface area (Å²) in [6, 6.07) is 5.19. The number of aliphatic imine (C=N–C) groups is 1. The van der Waals surface area contributed by atoms with Crippen LogP contribution in [0.3, 0.4) is 0 Å².